The summed E-state index contributed by atoms with van der Waals surface area (Å²) in [5, 5.41) is 0. The molecule has 1 aromatic rings. The van der Waals surface area contributed by atoms with Crippen LogP contribution in [0.5, 0.6) is 0 Å². The summed E-state index contributed by atoms with van der Waals surface area (Å²) in [5.41, 5.74) is 5.91. The molecule has 3 N–H and O–H groups in total. The molecular weight excluding hydrogens is 250 g/mol. The van der Waals surface area contributed by atoms with E-state index < -0.39 is 10.0 Å². The van der Waals surface area contributed by atoms with Crippen molar-refractivity contribution in [2.45, 2.75) is 44.0 Å². The van der Waals surface area contributed by atoms with Crippen molar-refractivity contribution in [3.05, 3.63) is 18.5 Å². The van der Waals surface area contributed by atoms with E-state index in [9.17, 15) is 8.42 Å². The Balaban J connectivity index is 2.26. The highest BCUT2D eigenvalue weighted by Crippen LogP contribution is 2.38. The van der Waals surface area contributed by atoms with Gasteiger partial charge in [0.05, 0.1) is 5.69 Å². The van der Waals surface area contributed by atoms with Crippen LogP contribution in [0.4, 0.5) is 5.69 Å². The molecule has 5 nitrogen and oxygen atoms in total. The van der Waals surface area contributed by atoms with E-state index in [1.807, 2.05) is 0 Å². The van der Waals surface area contributed by atoms with Gasteiger partial charge in [0.1, 0.15) is 4.90 Å². The van der Waals surface area contributed by atoms with Crippen molar-refractivity contribution in [2.24, 2.45) is 5.41 Å². The number of hydrogen-bond acceptors (Lipinski definition) is 4. The van der Waals surface area contributed by atoms with Gasteiger partial charge in [-0.1, -0.05) is 20.3 Å². The Morgan fingerprint density at radius 1 is 1.50 bits per heavy atom. The molecule has 1 atom stereocenters. The summed E-state index contributed by atoms with van der Waals surface area (Å²) >= 11 is 0. The maximum absolute atomic E-state index is 12.3. The van der Waals surface area contributed by atoms with Crippen molar-refractivity contribution >= 4 is 15.7 Å². The number of nitrogens with zero attached hydrogens (tertiary/aromatic N) is 1. The Morgan fingerprint density at radius 3 is 2.78 bits per heavy atom. The number of nitrogens with two attached hydrogens (primary N) is 1. The van der Waals surface area contributed by atoms with E-state index in [0.29, 0.717) is 0 Å². The number of aromatic nitrogens is 1. The standard InChI is InChI=1S/C12H19N3O2S/c1-12(2)6-3-4-11(12)15-18(16,17)10-8-14-7-5-9(10)13/h5,7-8,11,15H,3-4,6H2,1-2H3,(H2,13,14). The molecule has 0 spiro atoms. The van der Waals surface area contributed by atoms with Crippen LogP contribution in [0.2, 0.25) is 0 Å². The zero-order chi connectivity index (χ0) is 13.4. The van der Waals surface area contributed by atoms with Gasteiger partial charge in [0.15, 0.2) is 0 Å². The van der Waals surface area contributed by atoms with E-state index in [0.717, 1.165) is 19.3 Å². The first-order valence-electron chi connectivity index (χ1n) is 6.05. The highest BCUT2D eigenvalue weighted by atomic mass is 32.2. The molecule has 0 radical (unpaired) electrons. The predicted molar refractivity (Wildman–Crippen MR) is 70.4 cm³/mol. The van der Waals surface area contributed by atoms with Gasteiger partial charge >= 0.3 is 0 Å². The number of nitrogen functional groups attached to an aromatic ring is 1. The summed E-state index contributed by atoms with van der Waals surface area (Å²) in [5.74, 6) is 0. The SMILES string of the molecule is CC1(C)CCCC1NS(=O)(=O)c1cnccc1N. The second-order valence-corrected chi connectivity index (χ2v) is 7.15. The van der Waals surface area contributed by atoms with Crippen LogP contribution in [0, 0.1) is 5.41 Å². The maximum atomic E-state index is 12.3. The van der Waals surface area contributed by atoms with Crippen molar-refractivity contribution < 1.29 is 8.42 Å². The number of pyridine rings is 1. The van der Waals surface area contributed by atoms with Crippen molar-refractivity contribution in [3.8, 4) is 0 Å². The second-order valence-electron chi connectivity index (χ2n) is 5.47. The van der Waals surface area contributed by atoms with Crippen LogP contribution in [-0.2, 0) is 10.0 Å². The molecule has 18 heavy (non-hydrogen) atoms. The van der Waals surface area contributed by atoms with Gasteiger partial charge in [0, 0.05) is 18.4 Å². The van der Waals surface area contributed by atoms with Crippen molar-refractivity contribution in [1.82, 2.24) is 9.71 Å². The molecule has 1 aromatic heterocycles. The van der Waals surface area contributed by atoms with E-state index in [2.05, 4.69) is 23.6 Å². The Morgan fingerprint density at radius 2 is 2.22 bits per heavy atom. The third-order valence-corrected chi connectivity index (χ3v) is 5.18. The zero-order valence-corrected chi connectivity index (χ0v) is 11.5. The molecule has 2 rings (SSSR count). The molecule has 0 saturated heterocycles. The summed E-state index contributed by atoms with van der Waals surface area (Å²) in [6.45, 7) is 4.17. The lowest BCUT2D eigenvalue weighted by Crippen LogP contribution is -2.41. The lowest BCUT2D eigenvalue weighted by atomic mass is 9.88. The molecule has 1 saturated carbocycles. The molecule has 0 aromatic carbocycles. The average Bonchev–Trinajstić information content (AvgIpc) is 2.58. The highest BCUT2D eigenvalue weighted by Gasteiger charge is 2.37. The lowest BCUT2D eigenvalue weighted by molar-refractivity contribution is 0.313. The van der Waals surface area contributed by atoms with Gasteiger partial charge < -0.3 is 5.73 Å². The fourth-order valence-corrected chi connectivity index (χ4v) is 3.93. The van der Waals surface area contributed by atoms with E-state index in [4.69, 9.17) is 5.73 Å². The average molecular weight is 269 g/mol. The van der Waals surface area contributed by atoms with Crippen molar-refractivity contribution in [2.75, 3.05) is 5.73 Å². The van der Waals surface area contributed by atoms with Crippen molar-refractivity contribution in [3.63, 3.8) is 0 Å². The number of nitrogens with one attached hydrogen (secondary N) is 1. The van der Waals surface area contributed by atoms with Gasteiger partial charge in [-0.25, -0.2) is 13.1 Å². The van der Waals surface area contributed by atoms with Crippen LogP contribution in [0.3, 0.4) is 0 Å². The van der Waals surface area contributed by atoms with Crippen molar-refractivity contribution in [1.29, 1.82) is 0 Å². The van der Waals surface area contributed by atoms with Crippen LogP contribution >= 0.6 is 0 Å². The zero-order valence-electron chi connectivity index (χ0n) is 10.7. The summed E-state index contributed by atoms with van der Waals surface area (Å²) in [7, 11) is -3.58. The summed E-state index contributed by atoms with van der Waals surface area (Å²) in [6.07, 6.45) is 5.71. The number of rotatable bonds is 3. The number of sulfonamides is 1. The summed E-state index contributed by atoms with van der Waals surface area (Å²) < 4.78 is 27.3. The normalized spacial score (nSPS) is 23.1. The minimum absolute atomic E-state index is 0.00988. The molecule has 1 heterocycles. The molecule has 1 fully saturated rings. The number of anilines is 1. The van der Waals surface area contributed by atoms with Crippen LogP contribution in [-0.4, -0.2) is 19.4 Å². The molecule has 0 aliphatic heterocycles. The molecule has 1 unspecified atom stereocenters. The largest absolute Gasteiger partial charge is 0.398 e. The minimum Gasteiger partial charge on any atom is -0.398 e. The van der Waals surface area contributed by atoms with E-state index in [1.54, 1.807) is 0 Å². The monoisotopic (exact) mass is 269 g/mol. The third-order valence-electron chi connectivity index (χ3n) is 3.66. The van der Waals surface area contributed by atoms with Crippen LogP contribution < -0.4 is 10.5 Å². The van der Waals surface area contributed by atoms with E-state index >= 15 is 0 Å². The molecule has 6 heteroatoms. The predicted octanol–water partition coefficient (Wildman–Crippen LogP) is 1.52. The first-order valence-corrected chi connectivity index (χ1v) is 7.53. The Bertz CT molecular complexity index is 540. The van der Waals surface area contributed by atoms with Gasteiger partial charge in [0.2, 0.25) is 10.0 Å². The molecule has 100 valence electrons. The molecule has 1 aliphatic rings. The molecule has 0 bridgehead atoms. The molecule has 0 amide bonds. The fourth-order valence-electron chi connectivity index (χ4n) is 2.41. The summed E-state index contributed by atoms with van der Waals surface area (Å²) in [4.78, 5) is 3.89. The topological polar surface area (TPSA) is 85.1 Å². The number of hydrogen-bond donors (Lipinski definition) is 2. The summed E-state index contributed by atoms with van der Waals surface area (Å²) in [6, 6.07) is 1.45. The van der Waals surface area contributed by atoms with E-state index in [1.165, 1.54) is 18.5 Å². The Labute approximate surface area is 108 Å². The quantitative estimate of drug-likeness (QED) is 0.871. The van der Waals surface area contributed by atoms with Crippen LogP contribution in [0.1, 0.15) is 33.1 Å². The fraction of sp³-hybridized carbons (Fsp3) is 0.583. The highest BCUT2D eigenvalue weighted by molar-refractivity contribution is 7.89. The molecular formula is C12H19N3O2S. The first kappa shape index (κ1) is 13.3. The van der Waals surface area contributed by atoms with Gasteiger partial charge in [-0.15, -0.1) is 0 Å². The van der Waals surface area contributed by atoms with Crippen LogP contribution in [0.25, 0.3) is 0 Å². The minimum atomic E-state index is -3.58. The smallest absolute Gasteiger partial charge is 0.244 e. The van der Waals surface area contributed by atoms with Crippen LogP contribution in [0.15, 0.2) is 23.4 Å². The van der Waals surface area contributed by atoms with E-state index in [-0.39, 0.29) is 22.0 Å². The van der Waals surface area contributed by atoms with Gasteiger partial charge in [-0.3, -0.25) is 4.98 Å². The molecule has 1 aliphatic carbocycles. The second kappa shape index (κ2) is 4.51. The lowest BCUT2D eigenvalue weighted by Gasteiger charge is -2.27. The van der Waals surface area contributed by atoms with Gasteiger partial charge in [-0.05, 0) is 24.3 Å². The first-order chi connectivity index (χ1) is 8.33. The maximum Gasteiger partial charge on any atom is 0.244 e. The third kappa shape index (κ3) is 2.49. The Kier molecular flexibility index (Phi) is 3.33. The Hall–Kier alpha value is -1.14. The van der Waals surface area contributed by atoms with Gasteiger partial charge in [0.25, 0.3) is 0 Å². The van der Waals surface area contributed by atoms with Gasteiger partial charge in [-0.2, -0.15) is 0 Å².